The number of hydrogen-bond acceptors (Lipinski definition) is 1. The minimum absolute atomic E-state index is 0.235. The lowest BCUT2D eigenvalue weighted by Gasteiger charge is -2.09. The maximum atomic E-state index is 4.20. The van der Waals surface area contributed by atoms with Crippen molar-refractivity contribution >= 4 is 20.7 Å². The Balaban J connectivity index is 4.02. The summed E-state index contributed by atoms with van der Waals surface area (Å²) in [6.07, 6.45) is 0. The zero-order valence-corrected chi connectivity index (χ0v) is 9.13. The summed E-state index contributed by atoms with van der Waals surface area (Å²) in [5, 5.41) is 0.235. The summed E-state index contributed by atoms with van der Waals surface area (Å²) in [7, 11) is -1.15. The molecule has 0 aromatic heterocycles. The van der Waals surface area contributed by atoms with Crippen molar-refractivity contribution in [2.24, 2.45) is 0 Å². The second-order valence-electron chi connectivity index (χ2n) is 3.18. The third kappa shape index (κ3) is 4.96. The predicted molar refractivity (Wildman–Crippen MR) is 54.2 cm³/mol. The molecule has 0 aliphatic heterocycles. The molecule has 0 saturated heterocycles. The fraction of sp³-hybridized carbons (Fsp3) is 0.750. The van der Waals surface area contributed by atoms with Crippen LogP contribution in [0.2, 0.25) is 19.1 Å². The van der Waals surface area contributed by atoms with E-state index in [0.29, 0.717) is 0 Å². The molecule has 0 nitrogen and oxygen atoms in total. The number of hydrogen-bond donors (Lipinski definition) is 1. The number of thiol groups is 1. The molecule has 0 spiro atoms. The van der Waals surface area contributed by atoms with Gasteiger partial charge in [0.1, 0.15) is 8.07 Å². The van der Waals surface area contributed by atoms with Gasteiger partial charge in [-0.3, -0.25) is 0 Å². The van der Waals surface area contributed by atoms with Crippen LogP contribution in [0.25, 0.3) is 0 Å². The summed E-state index contributed by atoms with van der Waals surface area (Å²) >= 11 is 4.20. The monoisotopic (exact) mass is 172 g/mol. The standard InChI is InChI=1S/C8H16SSi/c1-5-10(3,4)7-6-8(2)9/h8-9H,5H2,1-4H3. The quantitative estimate of drug-likeness (QED) is 0.351. The third-order valence-electron chi connectivity index (χ3n) is 1.50. The number of rotatable bonds is 1. The molecule has 0 aromatic carbocycles. The highest BCUT2D eigenvalue weighted by atomic mass is 32.1. The van der Waals surface area contributed by atoms with Gasteiger partial charge in [-0.1, -0.05) is 25.9 Å². The molecule has 0 fully saturated rings. The van der Waals surface area contributed by atoms with Crippen molar-refractivity contribution in [3.63, 3.8) is 0 Å². The molecule has 0 N–H and O–H groups in total. The van der Waals surface area contributed by atoms with Gasteiger partial charge in [0.15, 0.2) is 0 Å². The Kier molecular flexibility index (Phi) is 4.15. The van der Waals surface area contributed by atoms with Crippen molar-refractivity contribution in [3.05, 3.63) is 0 Å². The summed E-state index contributed by atoms with van der Waals surface area (Å²) < 4.78 is 0. The van der Waals surface area contributed by atoms with E-state index in [-0.39, 0.29) is 5.25 Å². The van der Waals surface area contributed by atoms with Gasteiger partial charge in [0.05, 0.1) is 5.25 Å². The van der Waals surface area contributed by atoms with E-state index in [2.05, 4.69) is 44.1 Å². The molecule has 0 aliphatic carbocycles. The summed E-state index contributed by atoms with van der Waals surface area (Å²) in [5.74, 6) is 3.11. The molecule has 0 rings (SSSR count). The zero-order chi connectivity index (χ0) is 8.20. The minimum Gasteiger partial charge on any atom is -0.163 e. The van der Waals surface area contributed by atoms with Crippen molar-refractivity contribution in [2.75, 3.05) is 0 Å². The largest absolute Gasteiger partial charge is 0.163 e. The Morgan fingerprint density at radius 3 is 2.30 bits per heavy atom. The molecule has 0 saturated carbocycles. The first kappa shape index (κ1) is 10.1. The molecule has 1 unspecified atom stereocenters. The maximum Gasteiger partial charge on any atom is 0.132 e. The average molecular weight is 172 g/mol. The van der Waals surface area contributed by atoms with E-state index in [1.807, 2.05) is 6.92 Å². The minimum atomic E-state index is -1.15. The Morgan fingerprint density at radius 1 is 1.50 bits per heavy atom. The maximum absolute atomic E-state index is 4.20. The highest BCUT2D eigenvalue weighted by Crippen LogP contribution is 2.05. The summed E-state index contributed by atoms with van der Waals surface area (Å²) in [6.45, 7) is 8.80. The molecule has 0 bridgehead atoms. The molecular formula is C8H16SSi. The molecule has 0 aromatic rings. The fourth-order valence-electron chi connectivity index (χ4n) is 0.388. The van der Waals surface area contributed by atoms with Crippen molar-refractivity contribution in [1.29, 1.82) is 0 Å². The molecule has 2 heteroatoms. The smallest absolute Gasteiger partial charge is 0.132 e. The van der Waals surface area contributed by atoms with Crippen LogP contribution in [-0.2, 0) is 0 Å². The van der Waals surface area contributed by atoms with Crippen LogP contribution in [0.3, 0.4) is 0 Å². The van der Waals surface area contributed by atoms with Crippen LogP contribution in [0, 0.1) is 11.5 Å². The lowest BCUT2D eigenvalue weighted by Crippen LogP contribution is -2.21. The summed E-state index contributed by atoms with van der Waals surface area (Å²) in [6, 6.07) is 1.24. The van der Waals surface area contributed by atoms with Gasteiger partial charge in [0, 0.05) is 0 Å². The zero-order valence-electron chi connectivity index (χ0n) is 7.23. The fourth-order valence-corrected chi connectivity index (χ4v) is 1.36. The first-order valence-electron chi connectivity index (χ1n) is 3.68. The SMILES string of the molecule is CC[Si](C)(C)C#CC(C)S. The van der Waals surface area contributed by atoms with Gasteiger partial charge < -0.3 is 0 Å². The first-order valence-corrected chi connectivity index (χ1v) is 7.41. The Labute approximate surface area is 70.8 Å². The second kappa shape index (κ2) is 4.10. The first-order chi connectivity index (χ1) is 4.48. The third-order valence-corrected chi connectivity index (χ3v) is 4.22. The van der Waals surface area contributed by atoms with Gasteiger partial charge in [0.2, 0.25) is 0 Å². The van der Waals surface area contributed by atoms with E-state index < -0.39 is 8.07 Å². The highest BCUT2D eigenvalue weighted by Gasteiger charge is 2.13. The van der Waals surface area contributed by atoms with Crippen LogP contribution < -0.4 is 0 Å². The van der Waals surface area contributed by atoms with Crippen LogP contribution in [0.5, 0.6) is 0 Å². The van der Waals surface area contributed by atoms with Gasteiger partial charge in [-0.2, -0.15) is 12.6 Å². The Morgan fingerprint density at radius 2 is 2.00 bits per heavy atom. The van der Waals surface area contributed by atoms with Gasteiger partial charge >= 0.3 is 0 Å². The summed E-state index contributed by atoms with van der Waals surface area (Å²) in [5.41, 5.74) is 3.32. The Bertz CT molecular complexity index is 150. The van der Waals surface area contributed by atoms with Gasteiger partial charge in [0.25, 0.3) is 0 Å². The van der Waals surface area contributed by atoms with Gasteiger partial charge in [-0.15, -0.1) is 5.54 Å². The van der Waals surface area contributed by atoms with E-state index in [1.54, 1.807) is 0 Å². The molecule has 10 heavy (non-hydrogen) atoms. The van der Waals surface area contributed by atoms with E-state index >= 15 is 0 Å². The molecule has 1 atom stereocenters. The lowest BCUT2D eigenvalue weighted by atomic mass is 10.5. The van der Waals surface area contributed by atoms with Gasteiger partial charge in [-0.25, -0.2) is 0 Å². The van der Waals surface area contributed by atoms with E-state index in [4.69, 9.17) is 0 Å². The van der Waals surface area contributed by atoms with Crippen molar-refractivity contribution < 1.29 is 0 Å². The lowest BCUT2D eigenvalue weighted by molar-refractivity contribution is 1.31. The van der Waals surface area contributed by atoms with E-state index in [0.717, 1.165) is 0 Å². The highest BCUT2D eigenvalue weighted by molar-refractivity contribution is 7.81. The van der Waals surface area contributed by atoms with E-state index in [1.165, 1.54) is 6.04 Å². The van der Waals surface area contributed by atoms with Crippen molar-refractivity contribution in [1.82, 2.24) is 0 Å². The van der Waals surface area contributed by atoms with Crippen molar-refractivity contribution in [3.8, 4) is 11.5 Å². The van der Waals surface area contributed by atoms with Crippen LogP contribution in [0.4, 0.5) is 0 Å². The van der Waals surface area contributed by atoms with E-state index in [9.17, 15) is 0 Å². The molecule has 0 heterocycles. The van der Waals surface area contributed by atoms with Gasteiger partial charge in [-0.05, 0) is 13.0 Å². The molecule has 0 radical (unpaired) electrons. The normalized spacial score (nSPS) is 13.7. The molecule has 0 aliphatic rings. The topological polar surface area (TPSA) is 0 Å². The van der Waals surface area contributed by atoms with Crippen molar-refractivity contribution in [2.45, 2.75) is 38.2 Å². The Hall–Kier alpha value is 0.127. The van der Waals surface area contributed by atoms with Crippen LogP contribution in [-0.4, -0.2) is 13.3 Å². The molecular weight excluding hydrogens is 156 g/mol. The molecule has 0 amide bonds. The summed E-state index contributed by atoms with van der Waals surface area (Å²) in [4.78, 5) is 0. The van der Waals surface area contributed by atoms with Crippen LogP contribution in [0.15, 0.2) is 0 Å². The van der Waals surface area contributed by atoms with Crippen LogP contribution >= 0.6 is 12.6 Å². The predicted octanol–water partition coefficient (Wildman–Crippen LogP) is 2.58. The average Bonchev–Trinajstić information content (AvgIpc) is 1.85. The second-order valence-corrected chi connectivity index (χ2v) is 8.68. The molecule has 58 valence electrons. The van der Waals surface area contributed by atoms with Crippen LogP contribution in [0.1, 0.15) is 13.8 Å².